The Hall–Kier alpha value is -3.49. The molecule has 2 fully saturated rings. The van der Waals surface area contributed by atoms with Crippen LogP contribution in [0.1, 0.15) is 38.5 Å². The van der Waals surface area contributed by atoms with Gasteiger partial charge in [0.2, 0.25) is 5.91 Å². The smallest absolute Gasteiger partial charge is 0.269 e. The molecule has 182 valence electrons. The summed E-state index contributed by atoms with van der Waals surface area (Å²) < 4.78 is 0. The van der Waals surface area contributed by atoms with Gasteiger partial charge in [-0.25, -0.2) is 0 Å². The molecular weight excluding hydrogens is 474 g/mol. The van der Waals surface area contributed by atoms with E-state index in [-0.39, 0.29) is 29.3 Å². The number of hydrogen-bond donors (Lipinski definition) is 1. The molecule has 4 atom stereocenters. The molecule has 0 aromatic heterocycles. The lowest BCUT2D eigenvalue weighted by molar-refractivity contribution is -0.384. The van der Waals surface area contributed by atoms with Gasteiger partial charge in [0, 0.05) is 52.5 Å². The fourth-order valence-corrected chi connectivity index (χ4v) is 7.63. The second-order valence-corrected chi connectivity index (χ2v) is 10.9. The molecule has 2 saturated heterocycles. The molecule has 1 spiro atoms. The topological polar surface area (TPSA) is 92.5 Å². The van der Waals surface area contributed by atoms with Crippen LogP contribution in [0.2, 0.25) is 0 Å². The van der Waals surface area contributed by atoms with Crippen LogP contribution in [0.15, 0.2) is 66.7 Å². The van der Waals surface area contributed by atoms with Gasteiger partial charge in [0.15, 0.2) is 5.78 Å². The van der Waals surface area contributed by atoms with E-state index in [1.807, 2.05) is 62.4 Å². The fraction of sp³-hybridized carbons (Fsp3) is 0.286. The first-order valence-corrected chi connectivity index (χ1v) is 13.1. The summed E-state index contributed by atoms with van der Waals surface area (Å²) in [5, 5.41) is 14.7. The summed E-state index contributed by atoms with van der Waals surface area (Å²) in [6.45, 7) is 3.95. The van der Waals surface area contributed by atoms with Crippen molar-refractivity contribution in [1.82, 2.24) is 4.90 Å². The minimum Gasteiger partial charge on any atom is -0.324 e. The highest BCUT2D eigenvalue weighted by Gasteiger charge is 2.69. The van der Waals surface area contributed by atoms with Crippen molar-refractivity contribution in [3.8, 4) is 0 Å². The van der Waals surface area contributed by atoms with Crippen LogP contribution in [0.25, 0.3) is 0 Å². The van der Waals surface area contributed by atoms with Crippen molar-refractivity contribution in [3.63, 3.8) is 0 Å². The van der Waals surface area contributed by atoms with Crippen molar-refractivity contribution in [2.24, 2.45) is 5.92 Å². The number of nitro benzene ring substituents is 1. The molecule has 0 radical (unpaired) electrons. The van der Waals surface area contributed by atoms with E-state index in [4.69, 9.17) is 0 Å². The zero-order valence-electron chi connectivity index (χ0n) is 19.9. The normalized spacial score (nSPS) is 26.6. The maximum Gasteiger partial charge on any atom is 0.269 e. The van der Waals surface area contributed by atoms with Gasteiger partial charge < -0.3 is 5.32 Å². The second kappa shape index (κ2) is 8.28. The van der Waals surface area contributed by atoms with Gasteiger partial charge in [-0.15, -0.1) is 11.8 Å². The van der Waals surface area contributed by atoms with E-state index < -0.39 is 16.4 Å². The van der Waals surface area contributed by atoms with Crippen LogP contribution in [-0.4, -0.2) is 39.2 Å². The lowest BCUT2D eigenvalue weighted by Crippen LogP contribution is -2.52. The van der Waals surface area contributed by atoms with Crippen molar-refractivity contribution >= 4 is 34.8 Å². The molecule has 0 aliphatic carbocycles. The lowest BCUT2D eigenvalue weighted by Gasteiger charge is -2.36. The predicted molar refractivity (Wildman–Crippen MR) is 139 cm³/mol. The molecule has 8 heteroatoms. The molecule has 7 nitrogen and oxygen atoms in total. The molecule has 3 heterocycles. The summed E-state index contributed by atoms with van der Waals surface area (Å²) >= 11 is 1.73. The highest BCUT2D eigenvalue weighted by Crippen LogP contribution is 2.61. The Morgan fingerprint density at radius 3 is 2.58 bits per heavy atom. The van der Waals surface area contributed by atoms with Gasteiger partial charge in [0.1, 0.15) is 5.54 Å². The van der Waals surface area contributed by atoms with Gasteiger partial charge in [-0.2, -0.15) is 0 Å². The zero-order valence-corrected chi connectivity index (χ0v) is 20.7. The van der Waals surface area contributed by atoms with Gasteiger partial charge in [-0.3, -0.25) is 24.6 Å². The van der Waals surface area contributed by atoms with Gasteiger partial charge >= 0.3 is 0 Å². The van der Waals surface area contributed by atoms with Crippen LogP contribution in [0.3, 0.4) is 0 Å². The highest BCUT2D eigenvalue weighted by atomic mass is 32.2. The number of ketones is 1. The molecular formula is C28H25N3O4S. The van der Waals surface area contributed by atoms with Crippen molar-refractivity contribution in [2.45, 2.75) is 31.3 Å². The number of nitrogens with one attached hydrogen (secondary N) is 1. The van der Waals surface area contributed by atoms with E-state index >= 15 is 0 Å². The summed E-state index contributed by atoms with van der Waals surface area (Å²) in [5.74, 6) is -0.0954. The summed E-state index contributed by atoms with van der Waals surface area (Å²) in [6.07, 6.45) is 0. The molecule has 36 heavy (non-hydrogen) atoms. The Morgan fingerprint density at radius 1 is 1.08 bits per heavy atom. The molecule has 6 rings (SSSR count). The molecule has 1 amide bonds. The van der Waals surface area contributed by atoms with E-state index in [0.717, 1.165) is 33.7 Å². The number of carbonyl (C=O) groups is 2. The van der Waals surface area contributed by atoms with Gasteiger partial charge in [-0.05, 0) is 25.5 Å². The van der Waals surface area contributed by atoms with Crippen LogP contribution < -0.4 is 5.32 Å². The van der Waals surface area contributed by atoms with E-state index in [9.17, 15) is 19.7 Å². The molecule has 1 N–H and O–H groups in total. The molecule has 3 aliphatic heterocycles. The summed E-state index contributed by atoms with van der Waals surface area (Å²) in [4.78, 5) is 41.9. The number of amides is 1. The van der Waals surface area contributed by atoms with E-state index in [1.165, 1.54) is 6.07 Å². The maximum absolute atomic E-state index is 14.4. The van der Waals surface area contributed by atoms with E-state index in [0.29, 0.717) is 11.4 Å². The number of hydrogen-bond acceptors (Lipinski definition) is 6. The number of Topliss-reactive ketones (excluding diaryl/α,β-unsaturated/α-hetero) is 1. The van der Waals surface area contributed by atoms with Crippen LogP contribution in [-0.2, 0) is 10.3 Å². The van der Waals surface area contributed by atoms with Crippen molar-refractivity contribution in [2.75, 3.05) is 16.9 Å². The average molecular weight is 500 g/mol. The zero-order chi connectivity index (χ0) is 25.2. The largest absolute Gasteiger partial charge is 0.324 e. The lowest BCUT2D eigenvalue weighted by atomic mass is 9.69. The first kappa shape index (κ1) is 22.9. The van der Waals surface area contributed by atoms with E-state index in [2.05, 4.69) is 10.2 Å². The summed E-state index contributed by atoms with van der Waals surface area (Å²) in [5.41, 5.74) is 3.65. The third-order valence-electron chi connectivity index (χ3n) is 7.86. The molecule has 3 aromatic rings. The monoisotopic (exact) mass is 499 g/mol. The van der Waals surface area contributed by atoms with Crippen LogP contribution in [0.5, 0.6) is 0 Å². The Morgan fingerprint density at radius 2 is 1.83 bits per heavy atom. The summed E-state index contributed by atoms with van der Waals surface area (Å²) in [7, 11) is 0. The Bertz CT molecular complexity index is 1420. The Kier molecular flexibility index (Phi) is 5.28. The first-order chi connectivity index (χ1) is 17.3. The van der Waals surface area contributed by atoms with Crippen molar-refractivity contribution in [1.29, 1.82) is 0 Å². The number of anilines is 1. The number of thioether (sulfide) groups is 1. The Labute approximate surface area is 213 Å². The quantitative estimate of drug-likeness (QED) is 0.308. The number of non-ortho nitro benzene ring substituents is 1. The average Bonchev–Trinajstić information content (AvgIpc) is 3.52. The standard InChI is InChI=1S/C28H25N3O4S/c1-16-6-9-18(10-7-16)26(32)25-24(19-4-3-5-20(13-19)31(34)35)23-14-36-15-30(23)28(25)21-12-17(2)8-11-22(21)29-27(28)33/h3-13,23-25H,14-15H2,1-2H3,(H,29,33)/t23-,24+,25-,28+/m0/s1. The number of rotatable bonds is 4. The third kappa shape index (κ3) is 3.17. The number of nitrogens with zero attached hydrogens (tertiary/aromatic N) is 2. The Balaban J connectivity index is 1.62. The SMILES string of the molecule is Cc1ccc(C(=O)[C@@H]2[C@H](c3cccc([N+](=O)[O-])c3)[C@@H]3CSCN3[C@@]23C(=O)Nc2ccc(C)cc23)cc1. The van der Waals surface area contributed by atoms with Crippen LogP contribution in [0.4, 0.5) is 11.4 Å². The number of aryl methyl sites for hydroxylation is 2. The van der Waals surface area contributed by atoms with Gasteiger partial charge in [0.25, 0.3) is 5.69 Å². The third-order valence-corrected chi connectivity index (χ3v) is 8.90. The number of nitro groups is 1. The minimum atomic E-state index is -1.19. The fourth-order valence-electron chi connectivity index (χ4n) is 6.31. The van der Waals surface area contributed by atoms with Crippen molar-refractivity contribution < 1.29 is 14.5 Å². The molecule has 3 aliphatic rings. The number of carbonyl (C=O) groups excluding carboxylic acids is 2. The maximum atomic E-state index is 14.4. The van der Waals surface area contributed by atoms with Gasteiger partial charge in [-0.1, -0.05) is 59.7 Å². The van der Waals surface area contributed by atoms with Crippen molar-refractivity contribution in [3.05, 3.63) is 105 Å². The number of benzene rings is 3. The highest BCUT2D eigenvalue weighted by molar-refractivity contribution is 7.99. The second-order valence-electron chi connectivity index (χ2n) is 9.89. The minimum absolute atomic E-state index is 0.0145. The predicted octanol–water partition coefficient (Wildman–Crippen LogP) is 5.03. The molecule has 3 aromatic carbocycles. The summed E-state index contributed by atoms with van der Waals surface area (Å²) in [6, 6.07) is 19.8. The van der Waals surface area contributed by atoms with Crippen LogP contribution in [0, 0.1) is 29.9 Å². The van der Waals surface area contributed by atoms with Crippen LogP contribution >= 0.6 is 11.8 Å². The first-order valence-electron chi connectivity index (χ1n) is 11.9. The number of fused-ring (bicyclic) bond motifs is 4. The molecule has 0 saturated carbocycles. The molecule has 0 unspecified atom stereocenters. The van der Waals surface area contributed by atoms with Gasteiger partial charge in [0.05, 0.1) is 10.8 Å². The van der Waals surface area contributed by atoms with E-state index in [1.54, 1.807) is 23.9 Å². The molecule has 0 bridgehead atoms.